The van der Waals surface area contributed by atoms with E-state index in [0.717, 1.165) is 22.1 Å². The zero-order valence-electron chi connectivity index (χ0n) is 18.0. The van der Waals surface area contributed by atoms with Crippen molar-refractivity contribution in [2.24, 2.45) is 0 Å². The second kappa shape index (κ2) is 9.63. The molecule has 0 bridgehead atoms. The Labute approximate surface area is 177 Å². The van der Waals surface area contributed by atoms with Gasteiger partial charge in [0.1, 0.15) is 5.75 Å². The van der Waals surface area contributed by atoms with Crippen LogP contribution in [0, 0.1) is 0 Å². The Hall–Kier alpha value is -3.06. The van der Waals surface area contributed by atoms with E-state index in [-0.39, 0.29) is 24.6 Å². The highest BCUT2D eigenvalue weighted by Crippen LogP contribution is 2.23. The van der Waals surface area contributed by atoms with Gasteiger partial charge in [-0.3, -0.25) is 4.90 Å². The van der Waals surface area contributed by atoms with Crippen LogP contribution in [0.15, 0.2) is 47.7 Å². The number of carbonyl (C=O) groups is 2. The van der Waals surface area contributed by atoms with Gasteiger partial charge in [0.2, 0.25) is 0 Å². The van der Waals surface area contributed by atoms with Crippen LogP contribution in [0.2, 0.25) is 0 Å². The number of rotatable bonds is 8. The number of methoxy groups -OCH3 is 1. The standard InChI is InChI=1S/C23H29N3O4/c1-5-19-21(22(27)30-6-2)20(25-23(28)24-19)14-26(3)13-15-7-8-17-12-18(29-4)10-9-16(17)11-15/h7-12,19H,5-6,13-14H2,1-4H3,(H2,24,25,28)/t19-/m1/s1. The molecule has 1 aliphatic rings. The molecule has 2 N–H and O–H groups in total. The fourth-order valence-corrected chi connectivity index (χ4v) is 3.72. The van der Waals surface area contributed by atoms with E-state index in [9.17, 15) is 9.59 Å². The molecule has 1 heterocycles. The summed E-state index contributed by atoms with van der Waals surface area (Å²) in [6.45, 7) is 5.09. The van der Waals surface area contributed by atoms with E-state index in [1.807, 2.05) is 32.2 Å². The smallest absolute Gasteiger partial charge is 0.337 e. The number of esters is 1. The topological polar surface area (TPSA) is 79.9 Å². The van der Waals surface area contributed by atoms with Crippen LogP contribution in [-0.2, 0) is 16.1 Å². The molecule has 2 aromatic rings. The zero-order valence-corrected chi connectivity index (χ0v) is 18.0. The molecule has 160 valence electrons. The number of benzene rings is 2. The first-order valence-electron chi connectivity index (χ1n) is 10.2. The van der Waals surface area contributed by atoms with E-state index in [0.29, 0.717) is 30.8 Å². The van der Waals surface area contributed by atoms with Crippen molar-refractivity contribution in [3.8, 4) is 5.75 Å². The number of ether oxygens (including phenoxy) is 2. The first kappa shape index (κ1) is 21.6. The number of hydrogen-bond acceptors (Lipinski definition) is 5. The van der Waals surface area contributed by atoms with E-state index in [2.05, 4.69) is 33.7 Å². The molecule has 1 atom stereocenters. The van der Waals surface area contributed by atoms with Crippen molar-refractivity contribution in [3.05, 3.63) is 53.2 Å². The Balaban J connectivity index is 1.80. The van der Waals surface area contributed by atoms with E-state index in [1.54, 1.807) is 14.0 Å². The third-order valence-electron chi connectivity index (χ3n) is 5.14. The Bertz CT molecular complexity index is 970. The van der Waals surface area contributed by atoms with Crippen LogP contribution >= 0.6 is 0 Å². The normalized spacial score (nSPS) is 16.4. The van der Waals surface area contributed by atoms with Gasteiger partial charge in [0, 0.05) is 18.8 Å². The number of carbonyl (C=O) groups excluding carboxylic acids is 2. The summed E-state index contributed by atoms with van der Waals surface area (Å²) in [5, 5.41) is 7.85. The van der Waals surface area contributed by atoms with Gasteiger partial charge in [0.05, 0.1) is 25.3 Å². The van der Waals surface area contributed by atoms with Crippen LogP contribution in [-0.4, -0.2) is 50.3 Å². The average molecular weight is 412 g/mol. The molecule has 0 aromatic heterocycles. The fraction of sp³-hybridized carbons (Fsp3) is 0.391. The summed E-state index contributed by atoms with van der Waals surface area (Å²) in [6, 6.07) is 11.6. The highest BCUT2D eigenvalue weighted by atomic mass is 16.5. The summed E-state index contributed by atoms with van der Waals surface area (Å²) in [7, 11) is 3.62. The number of hydrogen-bond donors (Lipinski definition) is 2. The molecule has 1 aliphatic heterocycles. The lowest BCUT2D eigenvalue weighted by Gasteiger charge is -2.30. The summed E-state index contributed by atoms with van der Waals surface area (Å²) in [6.07, 6.45) is 0.614. The van der Waals surface area contributed by atoms with Crippen molar-refractivity contribution in [2.75, 3.05) is 27.3 Å². The van der Waals surface area contributed by atoms with Crippen LogP contribution < -0.4 is 15.4 Å². The van der Waals surface area contributed by atoms with Crippen LogP contribution in [0.25, 0.3) is 10.8 Å². The van der Waals surface area contributed by atoms with Crippen molar-refractivity contribution in [1.29, 1.82) is 0 Å². The van der Waals surface area contributed by atoms with Gasteiger partial charge in [0.15, 0.2) is 0 Å². The summed E-state index contributed by atoms with van der Waals surface area (Å²) in [5.74, 6) is 0.442. The number of urea groups is 1. The molecular weight excluding hydrogens is 382 g/mol. The first-order chi connectivity index (χ1) is 14.4. The third-order valence-corrected chi connectivity index (χ3v) is 5.14. The van der Waals surface area contributed by atoms with Crippen LogP contribution in [0.3, 0.4) is 0 Å². The number of fused-ring (bicyclic) bond motifs is 1. The number of likely N-dealkylation sites (N-methyl/N-ethyl adjacent to an activating group) is 1. The van der Waals surface area contributed by atoms with Crippen molar-refractivity contribution >= 4 is 22.8 Å². The van der Waals surface area contributed by atoms with Crippen molar-refractivity contribution in [3.63, 3.8) is 0 Å². The molecule has 2 aromatic carbocycles. The average Bonchev–Trinajstić information content (AvgIpc) is 2.72. The lowest BCUT2D eigenvalue weighted by Crippen LogP contribution is -2.51. The molecule has 7 nitrogen and oxygen atoms in total. The molecule has 0 fully saturated rings. The van der Waals surface area contributed by atoms with Gasteiger partial charge in [-0.05, 0) is 54.9 Å². The molecule has 0 spiro atoms. The van der Waals surface area contributed by atoms with Gasteiger partial charge in [-0.2, -0.15) is 0 Å². The highest BCUT2D eigenvalue weighted by molar-refractivity contribution is 5.94. The molecule has 0 aliphatic carbocycles. The van der Waals surface area contributed by atoms with Crippen molar-refractivity contribution in [2.45, 2.75) is 32.9 Å². The maximum absolute atomic E-state index is 12.5. The van der Waals surface area contributed by atoms with Crippen LogP contribution in [0.5, 0.6) is 5.75 Å². The predicted octanol–water partition coefficient (Wildman–Crippen LogP) is 3.19. The Kier molecular flexibility index (Phi) is 6.95. The molecule has 0 radical (unpaired) electrons. The number of amides is 2. The third kappa shape index (κ3) is 4.91. The monoisotopic (exact) mass is 411 g/mol. The minimum atomic E-state index is -0.389. The molecule has 2 amide bonds. The van der Waals surface area contributed by atoms with E-state index >= 15 is 0 Å². The quantitative estimate of drug-likeness (QED) is 0.652. The highest BCUT2D eigenvalue weighted by Gasteiger charge is 2.31. The molecule has 30 heavy (non-hydrogen) atoms. The lowest BCUT2D eigenvalue weighted by atomic mass is 10.00. The summed E-state index contributed by atoms with van der Waals surface area (Å²) < 4.78 is 10.5. The molecule has 0 saturated carbocycles. The molecule has 3 rings (SSSR count). The van der Waals surface area contributed by atoms with Gasteiger partial charge in [-0.15, -0.1) is 0 Å². The Morgan fingerprint density at radius 1 is 1.10 bits per heavy atom. The zero-order chi connectivity index (χ0) is 21.7. The van der Waals surface area contributed by atoms with Gasteiger partial charge in [-0.1, -0.05) is 25.1 Å². The Morgan fingerprint density at radius 2 is 1.83 bits per heavy atom. The summed E-state index contributed by atoms with van der Waals surface area (Å²) in [5.41, 5.74) is 2.23. The van der Waals surface area contributed by atoms with Crippen molar-refractivity contribution in [1.82, 2.24) is 15.5 Å². The Morgan fingerprint density at radius 3 is 2.53 bits per heavy atom. The molecule has 7 heteroatoms. The van der Waals surface area contributed by atoms with Crippen molar-refractivity contribution < 1.29 is 19.1 Å². The number of nitrogens with zero attached hydrogens (tertiary/aromatic N) is 1. The second-order valence-corrected chi connectivity index (χ2v) is 7.39. The largest absolute Gasteiger partial charge is 0.497 e. The first-order valence-corrected chi connectivity index (χ1v) is 10.2. The fourth-order valence-electron chi connectivity index (χ4n) is 3.72. The van der Waals surface area contributed by atoms with Gasteiger partial charge < -0.3 is 20.1 Å². The summed E-state index contributed by atoms with van der Waals surface area (Å²) in [4.78, 5) is 26.7. The predicted molar refractivity (Wildman–Crippen MR) is 116 cm³/mol. The van der Waals surface area contributed by atoms with Crippen LogP contribution in [0.4, 0.5) is 4.79 Å². The second-order valence-electron chi connectivity index (χ2n) is 7.39. The molecule has 0 saturated heterocycles. The molecule has 0 unspecified atom stereocenters. The lowest BCUT2D eigenvalue weighted by molar-refractivity contribution is -0.139. The van der Waals surface area contributed by atoms with E-state index in [1.165, 1.54) is 0 Å². The summed E-state index contributed by atoms with van der Waals surface area (Å²) >= 11 is 0. The van der Waals surface area contributed by atoms with Gasteiger partial charge in [-0.25, -0.2) is 9.59 Å². The minimum absolute atomic E-state index is 0.289. The molecular formula is C23H29N3O4. The minimum Gasteiger partial charge on any atom is -0.497 e. The van der Waals surface area contributed by atoms with Crippen LogP contribution in [0.1, 0.15) is 25.8 Å². The SMILES string of the molecule is CCOC(=O)C1=C(CN(C)Cc2ccc3cc(OC)ccc3c2)NC(=O)N[C@@H]1CC. The maximum Gasteiger partial charge on any atom is 0.337 e. The van der Waals surface area contributed by atoms with E-state index in [4.69, 9.17) is 9.47 Å². The van der Waals surface area contributed by atoms with Gasteiger partial charge in [0.25, 0.3) is 0 Å². The number of nitrogens with one attached hydrogen (secondary N) is 2. The van der Waals surface area contributed by atoms with E-state index < -0.39 is 0 Å². The van der Waals surface area contributed by atoms with Gasteiger partial charge >= 0.3 is 12.0 Å². The maximum atomic E-state index is 12.5.